The predicted molar refractivity (Wildman–Crippen MR) is 122 cm³/mol. The number of rotatable bonds is 10. The molecule has 2 heterocycles. The molecule has 0 amide bonds. The van der Waals surface area contributed by atoms with E-state index in [4.69, 9.17) is 4.74 Å². The van der Waals surface area contributed by atoms with Crippen LogP contribution in [-0.4, -0.2) is 48.0 Å². The summed E-state index contributed by atoms with van der Waals surface area (Å²) < 4.78 is 74.1. The Morgan fingerprint density at radius 2 is 1.78 bits per heavy atom. The summed E-state index contributed by atoms with van der Waals surface area (Å²) in [4.78, 5) is 17.1. The van der Waals surface area contributed by atoms with Crippen LogP contribution in [0.15, 0.2) is 78.4 Å². The smallest absolute Gasteiger partial charge is 0.340 e. The molecule has 2 atom stereocenters. The number of imidazole rings is 1. The monoisotopic (exact) mass is 523 g/mol. The Bertz CT molecular complexity index is 1390. The number of alkyl halides is 4. The Kier molecular flexibility index (Phi) is 7.16. The number of aromatic nitrogens is 5. The van der Waals surface area contributed by atoms with Gasteiger partial charge < -0.3 is 9.84 Å². The van der Waals surface area contributed by atoms with Crippen LogP contribution in [0.5, 0.6) is 5.75 Å². The van der Waals surface area contributed by atoms with Gasteiger partial charge in [-0.3, -0.25) is 9.13 Å². The first-order valence-electron chi connectivity index (χ1n) is 11.0. The Morgan fingerprint density at radius 1 is 1.08 bits per heavy atom. The lowest BCUT2D eigenvalue weighted by Gasteiger charge is -2.35. The summed E-state index contributed by atoms with van der Waals surface area (Å²) in [5.74, 6) is -5.06. The Morgan fingerprint density at radius 3 is 2.41 bits per heavy atom. The molecule has 0 saturated heterocycles. The zero-order chi connectivity index (χ0) is 26.8. The highest BCUT2D eigenvalue weighted by Gasteiger charge is 2.42. The molecular formula is C24H22F5N5O3. The molecule has 0 aliphatic rings. The van der Waals surface area contributed by atoms with Crippen LogP contribution in [0.4, 0.5) is 22.0 Å². The van der Waals surface area contributed by atoms with Crippen molar-refractivity contribution >= 4 is 0 Å². The first kappa shape index (κ1) is 26.1. The molecular weight excluding hydrogens is 501 g/mol. The van der Waals surface area contributed by atoms with Crippen LogP contribution in [0.1, 0.15) is 18.5 Å². The van der Waals surface area contributed by atoms with Crippen molar-refractivity contribution in [1.29, 1.82) is 0 Å². The van der Waals surface area contributed by atoms with Crippen LogP contribution in [0.3, 0.4) is 0 Å². The van der Waals surface area contributed by atoms with Crippen molar-refractivity contribution in [2.75, 3.05) is 6.61 Å². The fraction of sp³-hybridized carbons (Fsp3) is 0.292. The lowest BCUT2D eigenvalue weighted by molar-refractivity contribution is -0.148. The third-order valence-corrected chi connectivity index (χ3v) is 5.99. The maximum Gasteiger partial charge on any atom is 0.340 e. The minimum absolute atomic E-state index is 0.0419. The third-order valence-electron chi connectivity index (χ3n) is 5.99. The summed E-state index contributed by atoms with van der Waals surface area (Å²) in [6, 6.07) is 9.94. The molecule has 4 rings (SSSR count). The molecule has 8 nitrogen and oxygen atoms in total. The maximum absolute atomic E-state index is 14.8. The quantitative estimate of drug-likeness (QED) is 0.320. The minimum Gasteiger partial charge on any atom is -0.487 e. The van der Waals surface area contributed by atoms with Crippen LogP contribution in [0.2, 0.25) is 0 Å². The molecule has 0 radical (unpaired) electrons. The fourth-order valence-electron chi connectivity index (χ4n) is 3.87. The number of nitrogens with zero attached hydrogens (tertiary/aromatic N) is 5. The molecule has 0 aliphatic carbocycles. The van der Waals surface area contributed by atoms with Gasteiger partial charge in [0.1, 0.15) is 29.8 Å². The van der Waals surface area contributed by atoms with Gasteiger partial charge in [-0.05, 0) is 37.3 Å². The highest BCUT2D eigenvalue weighted by Crippen LogP contribution is 2.36. The highest BCUT2D eigenvalue weighted by atomic mass is 19.3. The van der Waals surface area contributed by atoms with Gasteiger partial charge in [-0.15, -0.1) is 0 Å². The van der Waals surface area contributed by atoms with E-state index in [1.165, 1.54) is 81.3 Å². The lowest BCUT2D eigenvalue weighted by Crippen LogP contribution is -2.43. The molecule has 196 valence electrons. The van der Waals surface area contributed by atoms with Crippen LogP contribution >= 0.6 is 0 Å². The van der Waals surface area contributed by atoms with Crippen molar-refractivity contribution < 1.29 is 31.8 Å². The van der Waals surface area contributed by atoms with Gasteiger partial charge in [0.15, 0.2) is 6.61 Å². The van der Waals surface area contributed by atoms with Crippen molar-refractivity contribution in [3.63, 3.8) is 0 Å². The van der Waals surface area contributed by atoms with E-state index in [9.17, 15) is 31.9 Å². The van der Waals surface area contributed by atoms with Crippen molar-refractivity contribution in [2.24, 2.45) is 0 Å². The van der Waals surface area contributed by atoms with Gasteiger partial charge in [0.05, 0.1) is 18.3 Å². The number of hydrogen-bond donors (Lipinski definition) is 1. The van der Waals surface area contributed by atoms with Gasteiger partial charge in [0, 0.05) is 18.0 Å². The standard InChI is InChI=1S/C24H22F5N5O3/c1-16(23(36,12-32-15-30-14-31-32)19-4-2-3-5-20(19)25)33-10-11-34(22(33)35)17-6-8-18(9-7-17)37-13-24(28,29)21(26)27/h2-11,14-16,21,36H,12-13H2,1H3/t16-,23+/m1/s1. The van der Waals surface area contributed by atoms with E-state index in [1.54, 1.807) is 13.0 Å². The molecule has 1 N–H and O–H groups in total. The SMILES string of the molecule is C[C@@H](n1ccn(-c2ccc(OCC(F)(F)C(F)F)cc2)c1=O)[C@@](O)(Cn1cncn1)c1ccccc1F. The molecule has 0 unspecified atom stereocenters. The second-order valence-electron chi connectivity index (χ2n) is 8.38. The summed E-state index contributed by atoms with van der Waals surface area (Å²) in [6.45, 7) is -0.157. The summed E-state index contributed by atoms with van der Waals surface area (Å²) in [7, 11) is 0. The zero-order valence-corrected chi connectivity index (χ0v) is 19.4. The van der Waals surface area contributed by atoms with Gasteiger partial charge in [-0.1, -0.05) is 18.2 Å². The van der Waals surface area contributed by atoms with Crippen molar-refractivity contribution in [3.05, 3.63) is 95.4 Å². The number of hydrogen-bond acceptors (Lipinski definition) is 5. The Hall–Kier alpha value is -4.00. The van der Waals surface area contributed by atoms with Crippen molar-refractivity contribution in [2.45, 2.75) is 37.5 Å². The zero-order valence-electron chi connectivity index (χ0n) is 19.4. The number of benzene rings is 2. The van der Waals surface area contributed by atoms with Gasteiger partial charge in [0.25, 0.3) is 0 Å². The van der Waals surface area contributed by atoms with Crippen LogP contribution < -0.4 is 10.4 Å². The van der Waals surface area contributed by atoms with E-state index in [1.807, 2.05) is 0 Å². The second kappa shape index (κ2) is 10.2. The van der Waals surface area contributed by atoms with Crippen LogP contribution in [-0.2, 0) is 12.1 Å². The average Bonchev–Trinajstić information content (AvgIpc) is 3.52. The van der Waals surface area contributed by atoms with Crippen molar-refractivity contribution in [1.82, 2.24) is 23.9 Å². The largest absolute Gasteiger partial charge is 0.487 e. The molecule has 0 saturated carbocycles. The Labute approximate surface area is 207 Å². The number of halogens is 5. The molecule has 0 fully saturated rings. The van der Waals surface area contributed by atoms with E-state index >= 15 is 0 Å². The first-order valence-corrected chi connectivity index (χ1v) is 11.0. The molecule has 37 heavy (non-hydrogen) atoms. The summed E-state index contributed by atoms with van der Waals surface area (Å²) >= 11 is 0. The van der Waals surface area contributed by atoms with Crippen LogP contribution in [0, 0.1) is 5.82 Å². The molecule has 13 heteroatoms. The van der Waals surface area contributed by atoms with E-state index in [0.717, 1.165) is 0 Å². The van der Waals surface area contributed by atoms with E-state index < -0.39 is 42.1 Å². The maximum atomic E-state index is 14.8. The van der Waals surface area contributed by atoms with Gasteiger partial charge in [-0.2, -0.15) is 13.9 Å². The van der Waals surface area contributed by atoms with Crippen molar-refractivity contribution in [3.8, 4) is 11.4 Å². The summed E-state index contributed by atoms with van der Waals surface area (Å²) in [5, 5.41) is 15.7. The van der Waals surface area contributed by atoms with E-state index in [-0.39, 0.29) is 17.9 Å². The van der Waals surface area contributed by atoms with E-state index in [2.05, 4.69) is 10.1 Å². The molecule has 4 aromatic rings. The first-order chi connectivity index (χ1) is 17.5. The van der Waals surface area contributed by atoms with Gasteiger partial charge in [0.2, 0.25) is 0 Å². The molecule has 2 aromatic carbocycles. The third kappa shape index (κ3) is 5.26. The summed E-state index contributed by atoms with van der Waals surface area (Å²) in [6.07, 6.45) is 1.58. The topological polar surface area (TPSA) is 87.1 Å². The fourth-order valence-corrected chi connectivity index (χ4v) is 3.87. The van der Waals surface area contributed by atoms with Crippen LogP contribution in [0.25, 0.3) is 5.69 Å². The number of ether oxygens (including phenoxy) is 1. The average molecular weight is 523 g/mol. The minimum atomic E-state index is -4.30. The normalized spacial score (nSPS) is 14.5. The van der Waals surface area contributed by atoms with Gasteiger partial charge in [-0.25, -0.2) is 27.6 Å². The van der Waals surface area contributed by atoms with Gasteiger partial charge >= 0.3 is 18.0 Å². The predicted octanol–water partition coefficient (Wildman–Crippen LogP) is 3.80. The molecule has 0 bridgehead atoms. The Balaban J connectivity index is 1.62. The highest BCUT2D eigenvalue weighted by molar-refractivity contribution is 5.37. The second-order valence-corrected chi connectivity index (χ2v) is 8.38. The molecule has 0 aliphatic heterocycles. The number of aliphatic hydroxyl groups is 1. The summed E-state index contributed by atoms with van der Waals surface area (Å²) in [5.41, 5.74) is -2.23. The lowest BCUT2D eigenvalue weighted by atomic mass is 9.86. The molecule has 0 spiro atoms. The molecule has 2 aromatic heterocycles. The van der Waals surface area contributed by atoms with E-state index in [0.29, 0.717) is 5.69 Å².